The summed E-state index contributed by atoms with van der Waals surface area (Å²) in [6, 6.07) is 4.10. The number of aliphatic imine (C=N–C) groups is 1. The second-order valence-electron chi connectivity index (χ2n) is 3.51. The summed E-state index contributed by atoms with van der Waals surface area (Å²) in [5.74, 6) is -1.15. The maximum atomic E-state index is 13.7. The van der Waals surface area contributed by atoms with E-state index in [1.165, 1.54) is 19.1 Å². The van der Waals surface area contributed by atoms with Crippen LogP contribution < -0.4 is 5.73 Å². The van der Waals surface area contributed by atoms with E-state index in [0.29, 0.717) is 4.47 Å². The van der Waals surface area contributed by atoms with Crippen LogP contribution in [0.4, 0.5) is 4.39 Å². The molecule has 6 heteroatoms. The van der Waals surface area contributed by atoms with Gasteiger partial charge in [0.25, 0.3) is 11.9 Å². The van der Waals surface area contributed by atoms with Gasteiger partial charge in [0.1, 0.15) is 5.82 Å². The molecule has 0 aliphatic carbocycles. The third-order valence-corrected chi connectivity index (χ3v) is 2.87. The average molecular weight is 287 g/mol. The Morgan fingerprint density at radius 1 is 1.56 bits per heavy atom. The smallest absolute Gasteiger partial charge is 0.299 e. The first-order valence-electron chi connectivity index (χ1n) is 4.46. The van der Waals surface area contributed by atoms with Gasteiger partial charge in [-0.05, 0) is 19.1 Å². The van der Waals surface area contributed by atoms with E-state index in [2.05, 4.69) is 20.9 Å². The average Bonchev–Trinajstić information content (AvgIpc) is 2.40. The molecule has 4 nitrogen and oxygen atoms in total. The number of carbonyl (C=O) groups excluding carboxylic acids is 1. The number of amides is 1. The number of halogens is 2. The molecule has 1 atom stereocenters. The van der Waals surface area contributed by atoms with Crippen molar-refractivity contribution >= 4 is 27.9 Å². The molecular weight excluding hydrogens is 279 g/mol. The van der Waals surface area contributed by atoms with E-state index in [-0.39, 0.29) is 11.6 Å². The summed E-state index contributed by atoms with van der Waals surface area (Å²) in [5.41, 5.74) is 3.95. The zero-order valence-corrected chi connectivity index (χ0v) is 9.92. The number of benzene rings is 1. The lowest BCUT2D eigenvalue weighted by Gasteiger charge is -2.21. The number of nitrogens with two attached hydrogens (primary N) is 1. The number of hydrogen-bond donors (Lipinski definition) is 1. The Balaban J connectivity index is 2.49. The largest absolute Gasteiger partial charge is 0.443 e. The summed E-state index contributed by atoms with van der Waals surface area (Å²) in [6.45, 7) is 1.44. The maximum absolute atomic E-state index is 13.7. The molecule has 16 heavy (non-hydrogen) atoms. The van der Waals surface area contributed by atoms with Crippen molar-refractivity contribution in [1.29, 1.82) is 0 Å². The molecule has 0 aromatic heterocycles. The first-order valence-corrected chi connectivity index (χ1v) is 5.26. The van der Waals surface area contributed by atoms with Gasteiger partial charge < -0.3 is 10.5 Å². The number of nitrogens with zero attached hydrogens (tertiary/aromatic N) is 1. The molecule has 1 aliphatic rings. The monoisotopic (exact) mass is 286 g/mol. The van der Waals surface area contributed by atoms with E-state index < -0.39 is 17.3 Å². The van der Waals surface area contributed by atoms with Crippen LogP contribution in [0, 0.1) is 5.82 Å². The van der Waals surface area contributed by atoms with Crippen LogP contribution in [0.2, 0.25) is 0 Å². The molecule has 1 aromatic carbocycles. The molecule has 2 N–H and O–H groups in total. The molecule has 1 heterocycles. The molecule has 0 fully saturated rings. The molecule has 0 saturated carbocycles. The first-order chi connectivity index (χ1) is 7.43. The zero-order valence-electron chi connectivity index (χ0n) is 8.33. The van der Waals surface area contributed by atoms with Crippen LogP contribution >= 0.6 is 15.9 Å². The third-order valence-electron chi connectivity index (χ3n) is 2.37. The predicted octanol–water partition coefficient (Wildman–Crippen LogP) is 1.67. The maximum Gasteiger partial charge on any atom is 0.299 e. The minimum Gasteiger partial charge on any atom is -0.443 e. The number of rotatable bonds is 1. The lowest BCUT2D eigenvalue weighted by atomic mass is 9.95. The van der Waals surface area contributed by atoms with E-state index >= 15 is 0 Å². The third kappa shape index (κ3) is 1.59. The minimum atomic E-state index is -1.46. The van der Waals surface area contributed by atoms with Gasteiger partial charge in [0.15, 0.2) is 0 Å². The van der Waals surface area contributed by atoms with Crippen LogP contribution in [0.15, 0.2) is 27.7 Å². The lowest BCUT2D eigenvalue weighted by Crippen LogP contribution is -2.33. The van der Waals surface area contributed by atoms with Crippen molar-refractivity contribution in [2.75, 3.05) is 0 Å². The van der Waals surface area contributed by atoms with Gasteiger partial charge in [-0.15, -0.1) is 0 Å². The van der Waals surface area contributed by atoms with E-state index in [1.807, 2.05) is 0 Å². The second kappa shape index (κ2) is 3.55. The van der Waals surface area contributed by atoms with Gasteiger partial charge in [-0.1, -0.05) is 22.0 Å². The van der Waals surface area contributed by atoms with Gasteiger partial charge in [0.05, 0.1) is 0 Å². The molecule has 0 spiro atoms. The molecule has 0 bridgehead atoms. The van der Waals surface area contributed by atoms with Gasteiger partial charge in [-0.25, -0.2) is 4.39 Å². The molecule has 0 saturated heterocycles. The number of amidine groups is 1. The van der Waals surface area contributed by atoms with Crippen molar-refractivity contribution in [1.82, 2.24) is 0 Å². The molecule has 1 aromatic rings. The van der Waals surface area contributed by atoms with E-state index in [9.17, 15) is 9.18 Å². The fraction of sp³-hybridized carbons (Fsp3) is 0.200. The second-order valence-corrected chi connectivity index (χ2v) is 4.43. The highest BCUT2D eigenvalue weighted by atomic mass is 79.9. The first kappa shape index (κ1) is 11.1. The van der Waals surface area contributed by atoms with Gasteiger partial charge >= 0.3 is 0 Å². The zero-order chi connectivity index (χ0) is 11.9. The quantitative estimate of drug-likeness (QED) is 0.854. The van der Waals surface area contributed by atoms with Crippen LogP contribution in [-0.2, 0) is 15.1 Å². The van der Waals surface area contributed by atoms with Crippen molar-refractivity contribution in [3.05, 3.63) is 34.1 Å². The summed E-state index contributed by atoms with van der Waals surface area (Å²) >= 11 is 3.13. The van der Waals surface area contributed by atoms with E-state index in [1.54, 1.807) is 6.07 Å². The topological polar surface area (TPSA) is 64.7 Å². The number of ether oxygens (including phenoxy) is 1. The molecule has 1 amide bonds. The normalized spacial score (nSPS) is 24.2. The van der Waals surface area contributed by atoms with Crippen molar-refractivity contribution in [3.63, 3.8) is 0 Å². The van der Waals surface area contributed by atoms with Gasteiger partial charge in [0.2, 0.25) is 5.60 Å². The highest BCUT2D eigenvalue weighted by molar-refractivity contribution is 9.10. The fourth-order valence-corrected chi connectivity index (χ4v) is 1.86. The van der Waals surface area contributed by atoms with Crippen LogP contribution in [-0.4, -0.2) is 11.9 Å². The Bertz CT molecular complexity index is 504. The number of hydrogen-bond acceptors (Lipinski definition) is 3. The highest BCUT2D eigenvalue weighted by Crippen LogP contribution is 2.33. The molecule has 2 rings (SSSR count). The highest BCUT2D eigenvalue weighted by Gasteiger charge is 2.45. The van der Waals surface area contributed by atoms with Gasteiger partial charge in [0, 0.05) is 10.0 Å². The molecule has 1 aliphatic heterocycles. The Labute approximate surface area is 99.4 Å². The van der Waals surface area contributed by atoms with Crippen molar-refractivity contribution in [3.8, 4) is 0 Å². The van der Waals surface area contributed by atoms with Crippen LogP contribution in [0.3, 0.4) is 0 Å². The minimum absolute atomic E-state index is 0.116. The van der Waals surface area contributed by atoms with E-state index in [0.717, 1.165) is 0 Å². The fourth-order valence-electron chi connectivity index (χ4n) is 1.53. The summed E-state index contributed by atoms with van der Waals surface area (Å²) in [7, 11) is 0. The van der Waals surface area contributed by atoms with Crippen molar-refractivity contribution < 1.29 is 13.9 Å². The molecular formula is C10H8BrFN2O2. The summed E-state index contributed by atoms with van der Waals surface area (Å²) < 4.78 is 19.4. The van der Waals surface area contributed by atoms with Crippen molar-refractivity contribution in [2.45, 2.75) is 12.5 Å². The Morgan fingerprint density at radius 3 is 2.75 bits per heavy atom. The van der Waals surface area contributed by atoms with Gasteiger partial charge in [-0.3, -0.25) is 4.79 Å². The molecule has 1 unspecified atom stereocenters. The Kier molecular flexibility index (Phi) is 2.46. The molecule has 84 valence electrons. The van der Waals surface area contributed by atoms with Crippen LogP contribution in [0.25, 0.3) is 0 Å². The van der Waals surface area contributed by atoms with Crippen LogP contribution in [0.1, 0.15) is 12.5 Å². The summed E-state index contributed by atoms with van der Waals surface area (Å²) in [5, 5.41) is 0. The van der Waals surface area contributed by atoms with E-state index in [4.69, 9.17) is 10.5 Å². The number of carbonyl (C=O) groups is 1. The summed E-state index contributed by atoms with van der Waals surface area (Å²) in [4.78, 5) is 15.0. The lowest BCUT2D eigenvalue weighted by molar-refractivity contribution is -0.130. The predicted molar refractivity (Wildman–Crippen MR) is 59.2 cm³/mol. The summed E-state index contributed by atoms with van der Waals surface area (Å²) in [6.07, 6.45) is 0. The van der Waals surface area contributed by atoms with Gasteiger partial charge in [-0.2, -0.15) is 4.99 Å². The van der Waals surface area contributed by atoms with Crippen molar-refractivity contribution in [2.24, 2.45) is 10.7 Å². The Morgan fingerprint density at radius 2 is 2.25 bits per heavy atom. The Hall–Kier alpha value is -1.43. The molecule has 0 radical (unpaired) electrons. The SMILES string of the molecule is CC1(c2ccc(Br)cc2F)OC(N)=NC1=O. The van der Waals surface area contributed by atoms with Crippen LogP contribution in [0.5, 0.6) is 0 Å². The standard InChI is InChI=1S/C10H8BrFN2O2/c1-10(8(15)14-9(13)16-10)6-3-2-5(11)4-7(6)12/h2-4H,1H3,(H2,13,14,15).